The zero-order chi connectivity index (χ0) is 27.7. The number of carbonyl (C=O) groups excluding carboxylic acids is 1. The molecule has 1 aliphatic rings. The van der Waals surface area contributed by atoms with E-state index >= 15 is 0 Å². The smallest absolute Gasteiger partial charge is 0.378 e. The van der Waals surface area contributed by atoms with Gasteiger partial charge < -0.3 is 14.5 Å². The fourth-order valence-electron chi connectivity index (χ4n) is 4.06. The summed E-state index contributed by atoms with van der Waals surface area (Å²) in [6.45, 7) is 0.896. The molecule has 0 saturated carbocycles. The normalized spacial score (nSPS) is 14.6. The number of nitrogens with zero attached hydrogens (tertiary/aromatic N) is 5. The fraction of sp³-hybridized carbons (Fsp3) is 0.375. The van der Waals surface area contributed by atoms with Crippen LogP contribution in [0.25, 0.3) is 0 Å². The molecule has 2 aromatic carbocycles. The highest BCUT2D eigenvalue weighted by Crippen LogP contribution is 2.37. The lowest BCUT2D eigenvalue weighted by Gasteiger charge is -2.29. The lowest BCUT2D eigenvalue weighted by molar-refractivity contribution is -0.143. The molecular formula is C24H22ClF6N5O2. The van der Waals surface area contributed by atoms with Crippen LogP contribution in [0.2, 0.25) is 5.02 Å². The highest BCUT2D eigenvalue weighted by Gasteiger charge is 2.37. The van der Waals surface area contributed by atoms with Crippen molar-refractivity contribution in [1.29, 1.82) is 0 Å². The van der Waals surface area contributed by atoms with Crippen LogP contribution in [0.3, 0.4) is 0 Å². The quantitative estimate of drug-likeness (QED) is 0.391. The third-order valence-electron chi connectivity index (χ3n) is 5.91. The highest BCUT2D eigenvalue weighted by atomic mass is 35.5. The van der Waals surface area contributed by atoms with E-state index in [1.165, 1.54) is 11.9 Å². The van der Waals surface area contributed by atoms with Gasteiger partial charge in [0.2, 0.25) is 0 Å². The van der Waals surface area contributed by atoms with Gasteiger partial charge in [-0.2, -0.15) is 26.3 Å². The second-order valence-corrected chi connectivity index (χ2v) is 9.09. The highest BCUT2D eigenvalue weighted by molar-refractivity contribution is 6.31. The van der Waals surface area contributed by atoms with Gasteiger partial charge in [-0.25, -0.2) is 4.68 Å². The predicted molar refractivity (Wildman–Crippen MR) is 126 cm³/mol. The van der Waals surface area contributed by atoms with Crippen LogP contribution in [0.1, 0.15) is 32.7 Å². The third-order valence-corrected chi connectivity index (χ3v) is 6.28. The lowest BCUT2D eigenvalue weighted by Crippen LogP contribution is -2.39. The van der Waals surface area contributed by atoms with Crippen molar-refractivity contribution in [3.63, 3.8) is 0 Å². The molecule has 0 unspecified atom stereocenters. The standard InChI is InChI=1S/C24H22ClF6N5O2/c1-34(14-16-4-2-3-5-19(16)25)22(37)20-21(35-6-8-38-9-7-35)36(33-32-20)13-15-10-17(23(26,27)28)12-18(11-15)24(29,30)31/h2-5,10-12H,6-9,13-14H2,1H3. The van der Waals surface area contributed by atoms with Crippen LogP contribution in [0.5, 0.6) is 0 Å². The first-order valence-electron chi connectivity index (χ1n) is 11.4. The molecule has 204 valence electrons. The van der Waals surface area contributed by atoms with E-state index in [4.69, 9.17) is 16.3 Å². The van der Waals surface area contributed by atoms with Gasteiger partial charge in [0.15, 0.2) is 11.5 Å². The maximum absolute atomic E-state index is 13.4. The number of benzene rings is 2. The van der Waals surface area contributed by atoms with E-state index < -0.39 is 35.9 Å². The molecule has 3 aromatic rings. The van der Waals surface area contributed by atoms with Crippen molar-refractivity contribution in [3.8, 4) is 0 Å². The Hall–Kier alpha value is -3.32. The average molecular weight is 562 g/mol. The molecule has 1 aromatic heterocycles. The number of carbonyl (C=O) groups is 1. The monoisotopic (exact) mass is 561 g/mol. The van der Waals surface area contributed by atoms with E-state index in [0.29, 0.717) is 49.0 Å². The minimum absolute atomic E-state index is 0.0619. The molecule has 0 bridgehead atoms. The van der Waals surface area contributed by atoms with Crippen molar-refractivity contribution in [2.45, 2.75) is 25.4 Å². The van der Waals surface area contributed by atoms with Crippen molar-refractivity contribution in [2.75, 3.05) is 38.3 Å². The summed E-state index contributed by atoms with van der Waals surface area (Å²) in [5.41, 5.74) is -2.59. The maximum Gasteiger partial charge on any atom is 0.416 e. The molecule has 0 radical (unpaired) electrons. The molecule has 14 heteroatoms. The number of alkyl halides is 6. The maximum atomic E-state index is 13.4. The second kappa shape index (κ2) is 10.8. The van der Waals surface area contributed by atoms with Gasteiger partial charge in [0.05, 0.1) is 30.9 Å². The number of hydrogen-bond donors (Lipinski definition) is 0. The number of aromatic nitrogens is 3. The summed E-state index contributed by atoms with van der Waals surface area (Å²) in [6, 6.07) is 8.25. The van der Waals surface area contributed by atoms with Crippen molar-refractivity contribution in [1.82, 2.24) is 19.9 Å². The number of hydrogen-bond acceptors (Lipinski definition) is 5. The van der Waals surface area contributed by atoms with Crippen molar-refractivity contribution >= 4 is 23.3 Å². The molecule has 7 nitrogen and oxygen atoms in total. The van der Waals surface area contributed by atoms with E-state index in [1.807, 2.05) is 0 Å². The first-order chi connectivity index (χ1) is 17.8. The molecule has 0 N–H and O–H groups in total. The molecule has 2 heterocycles. The first-order valence-corrected chi connectivity index (χ1v) is 11.8. The molecule has 1 aliphatic heterocycles. The van der Waals surface area contributed by atoms with E-state index in [-0.39, 0.29) is 29.7 Å². The zero-order valence-electron chi connectivity index (χ0n) is 20.0. The Labute approximate surface area is 218 Å². The van der Waals surface area contributed by atoms with Gasteiger partial charge in [-0.15, -0.1) is 5.10 Å². The summed E-state index contributed by atoms with van der Waals surface area (Å²) < 4.78 is 86.7. The van der Waals surface area contributed by atoms with Gasteiger partial charge in [-0.3, -0.25) is 4.79 Å². The van der Waals surface area contributed by atoms with Crippen molar-refractivity contribution in [2.24, 2.45) is 0 Å². The molecule has 0 atom stereocenters. The Balaban J connectivity index is 1.71. The van der Waals surface area contributed by atoms with Crippen LogP contribution in [0.4, 0.5) is 32.2 Å². The predicted octanol–water partition coefficient (Wildman–Crippen LogP) is 5.13. The van der Waals surface area contributed by atoms with Crippen LogP contribution in [-0.4, -0.2) is 59.2 Å². The molecule has 1 fully saturated rings. The Kier molecular flexibility index (Phi) is 7.88. The van der Waals surface area contributed by atoms with Crippen LogP contribution < -0.4 is 4.90 Å². The van der Waals surface area contributed by atoms with Gasteiger partial charge in [0.25, 0.3) is 5.91 Å². The summed E-state index contributed by atoms with van der Waals surface area (Å²) in [5, 5.41) is 8.38. The van der Waals surface area contributed by atoms with Crippen LogP contribution in [0.15, 0.2) is 42.5 Å². The Morgan fingerprint density at radius 2 is 1.63 bits per heavy atom. The van der Waals surface area contributed by atoms with Gasteiger partial charge >= 0.3 is 12.4 Å². The fourth-order valence-corrected chi connectivity index (χ4v) is 4.25. The van der Waals surface area contributed by atoms with E-state index in [9.17, 15) is 31.1 Å². The van der Waals surface area contributed by atoms with Crippen molar-refractivity contribution in [3.05, 3.63) is 75.4 Å². The van der Waals surface area contributed by atoms with Gasteiger partial charge in [0.1, 0.15) is 0 Å². The Morgan fingerprint density at radius 3 is 2.21 bits per heavy atom. The molecule has 1 amide bonds. The number of rotatable bonds is 6. The average Bonchev–Trinajstić information content (AvgIpc) is 3.27. The van der Waals surface area contributed by atoms with Crippen molar-refractivity contribution < 1.29 is 35.9 Å². The molecule has 4 rings (SSSR count). The molecule has 1 saturated heterocycles. The number of halogens is 7. The minimum Gasteiger partial charge on any atom is -0.378 e. The molecule has 0 spiro atoms. The summed E-state index contributed by atoms with van der Waals surface area (Å²) in [5.74, 6) is -0.368. The number of morpholine rings is 1. The Morgan fingerprint density at radius 1 is 1.03 bits per heavy atom. The van der Waals surface area contributed by atoms with E-state index in [2.05, 4.69) is 10.3 Å². The number of ether oxygens (including phenoxy) is 1. The minimum atomic E-state index is -4.99. The van der Waals surface area contributed by atoms with E-state index in [0.717, 1.165) is 4.68 Å². The summed E-state index contributed by atoms with van der Waals surface area (Å²) in [7, 11) is 1.52. The lowest BCUT2D eigenvalue weighted by atomic mass is 10.0. The van der Waals surface area contributed by atoms with Crippen LogP contribution >= 0.6 is 11.6 Å². The summed E-state index contributed by atoms with van der Waals surface area (Å²) in [4.78, 5) is 16.4. The summed E-state index contributed by atoms with van der Waals surface area (Å²) in [6.07, 6.45) is -9.98. The van der Waals surface area contributed by atoms with Crippen LogP contribution in [0, 0.1) is 0 Å². The van der Waals surface area contributed by atoms with E-state index in [1.54, 1.807) is 29.2 Å². The second-order valence-electron chi connectivity index (χ2n) is 8.69. The van der Waals surface area contributed by atoms with Gasteiger partial charge in [-0.05, 0) is 35.4 Å². The molecule has 0 aliphatic carbocycles. The SMILES string of the molecule is CN(Cc1ccccc1Cl)C(=O)c1nnn(Cc2cc(C(F)(F)F)cc(C(F)(F)F)c2)c1N1CCOCC1. The van der Waals surface area contributed by atoms with Gasteiger partial charge in [-0.1, -0.05) is 35.0 Å². The first kappa shape index (κ1) is 27.7. The topological polar surface area (TPSA) is 63.5 Å². The zero-order valence-corrected chi connectivity index (χ0v) is 20.7. The largest absolute Gasteiger partial charge is 0.416 e. The number of amides is 1. The molecule has 38 heavy (non-hydrogen) atoms. The number of anilines is 1. The molecular weight excluding hydrogens is 540 g/mol. The van der Waals surface area contributed by atoms with Crippen LogP contribution in [-0.2, 0) is 30.2 Å². The summed E-state index contributed by atoms with van der Waals surface area (Å²) >= 11 is 6.20. The Bertz CT molecular complexity index is 1270. The third kappa shape index (κ3) is 6.21. The van der Waals surface area contributed by atoms with Gasteiger partial charge in [0, 0.05) is 31.7 Å².